The Balaban J connectivity index is 2.37. The van der Waals surface area contributed by atoms with Gasteiger partial charge in [-0.05, 0) is 0 Å². The second kappa shape index (κ2) is 7.43. The Labute approximate surface area is 156 Å². The van der Waals surface area contributed by atoms with Gasteiger partial charge in [0.25, 0.3) is 0 Å². The predicted octanol–water partition coefficient (Wildman–Crippen LogP) is 3.49. The number of hydrogen-bond acceptors (Lipinski definition) is 3. The second-order valence-electron chi connectivity index (χ2n) is 5.76. The van der Waals surface area contributed by atoms with E-state index in [9.17, 15) is 21.6 Å². The van der Waals surface area contributed by atoms with E-state index in [-0.39, 0.29) is 0 Å². The van der Waals surface area contributed by atoms with Crippen LogP contribution in [0.3, 0.4) is 0 Å². The molecule has 0 aliphatic heterocycles. The summed E-state index contributed by atoms with van der Waals surface area (Å²) < 4.78 is 68.9. The summed E-state index contributed by atoms with van der Waals surface area (Å²) in [5, 5.41) is 1.20. The van der Waals surface area contributed by atoms with Crippen LogP contribution in [0.1, 0.15) is 0 Å². The predicted molar refractivity (Wildman–Crippen MR) is 103 cm³/mol. The number of hydrogen-bond donors (Lipinski definition) is 0. The van der Waals surface area contributed by atoms with Crippen molar-refractivity contribution in [2.75, 3.05) is 0 Å². The maximum atomic E-state index is 13.2. The second-order valence-corrected chi connectivity index (χ2v) is 10.9. The van der Waals surface area contributed by atoms with E-state index in [1.54, 1.807) is 91.0 Å². The molecule has 27 heavy (non-hydrogen) atoms. The zero-order valence-corrected chi connectivity index (χ0v) is 15.7. The van der Waals surface area contributed by atoms with E-state index < -0.39 is 23.1 Å². The van der Waals surface area contributed by atoms with Gasteiger partial charge in [-0.2, -0.15) is 0 Å². The Bertz CT molecular complexity index is 896. The number of benzene rings is 3. The quantitative estimate of drug-likeness (QED) is 0.476. The van der Waals surface area contributed by atoms with Gasteiger partial charge in [0.2, 0.25) is 0 Å². The molecule has 0 aliphatic rings. The molecular weight excluding hydrogens is 396 g/mol. The van der Waals surface area contributed by atoms with Crippen LogP contribution >= 0.6 is 7.49 Å². The van der Waals surface area contributed by atoms with Gasteiger partial charge in [-0.25, -0.2) is 0 Å². The van der Waals surface area contributed by atoms with Crippen molar-refractivity contribution in [2.45, 2.75) is 5.51 Å². The van der Waals surface area contributed by atoms with Crippen molar-refractivity contribution >= 4 is 33.5 Å². The molecule has 0 atom stereocenters. The van der Waals surface area contributed by atoms with Crippen LogP contribution in [0, 0.1) is 0 Å². The first kappa shape index (κ1) is 19.5. The van der Waals surface area contributed by atoms with Crippen LogP contribution in [-0.4, -0.2) is 13.9 Å². The Kier molecular flexibility index (Phi) is 5.38. The molecule has 0 unspecified atom stereocenters. The molecule has 3 aromatic carbocycles. The molecule has 0 spiro atoms. The Morgan fingerprint density at radius 3 is 1.19 bits per heavy atom. The van der Waals surface area contributed by atoms with Gasteiger partial charge in [-0.15, -0.1) is 0 Å². The molecule has 0 aliphatic carbocycles. The SMILES string of the molecule is O=S(=O)(O[PH](c1ccccc1)(c1ccccc1)c1ccccc1)C(F)(F)F. The number of halogens is 3. The fourth-order valence-electron chi connectivity index (χ4n) is 2.87. The van der Waals surface area contributed by atoms with Gasteiger partial charge in [-0.3, -0.25) is 0 Å². The van der Waals surface area contributed by atoms with Gasteiger partial charge < -0.3 is 0 Å². The third-order valence-corrected chi connectivity index (χ3v) is 9.94. The zero-order chi connectivity index (χ0) is 19.5. The summed E-state index contributed by atoms with van der Waals surface area (Å²) >= 11 is 0. The van der Waals surface area contributed by atoms with E-state index in [2.05, 4.69) is 0 Å². The summed E-state index contributed by atoms with van der Waals surface area (Å²) in [5.41, 5.74) is -5.52. The van der Waals surface area contributed by atoms with Crippen molar-refractivity contribution in [3.63, 3.8) is 0 Å². The van der Waals surface area contributed by atoms with Gasteiger partial charge in [0.1, 0.15) is 0 Å². The van der Waals surface area contributed by atoms with Crippen molar-refractivity contribution in [2.24, 2.45) is 0 Å². The summed E-state index contributed by atoms with van der Waals surface area (Å²) in [7, 11) is -9.82. The molecule has 3 aromatic rings. The van der Waals surface area contributed by atoms with Crippen LogP contribution in [0.15, 0.2) is 91.0 Å². The Morgan fingerprint density at radius 1 is 0.630 bits per heavy atom. The van der Waals surface area contributed by atoms with E-state index in [1.165, 1.54) is 0 Å². The van der Waals surface area contributed by atoms with Crippen LogP contribution < -0.4 is 15.9 Å². The fraction of sp³-hybridized carbons (Fsp3) is 0.0526. The molecule has 0 radical (unpaired) electrons. The maximum absolute atomic E-state index is 13.2. The average Bonchev–Trinajstić information content (AvgIpc) is 2.67. The Morgan fingerprint density at radius 2 is 0.926 bits per heavy atom. The van der Waals surface area contributed by atoms with E-state index in [0.29, 0.717) is 15.9 Å². The summed E-state index contributed by atoms with van der Waals surface area (Å²) in [6, 6.07) is 24.6. The minimum atomic E-state index is -5.84. The molecule has 8 heteroatoms. The fourth-order valence-corrected chi connectivity index (χ4v) is 8.71. The first-order valence-electron chi connectivity index (χ1n) is 7.96. The van der Waals surface area contributed by atoms with E-state index in [4.69, 9.17) is 3.97 Å². The topological polar surface area (TPSA) is 43.4 Å². The zero-order valence-electron chi connectivity index (χ0n) is 13.9. The van der Waals surface area contributed by atoms with Gasteiger partial charge in [0, 0.05) is 0 Å². The Hall–Kier alpha value is -2.21. The number of rotatable bonds is 5. The summed E-state index contributed by atoms with van der Waals surface area (Å²) in [4.78, 5) is 0. The first-order valence-corrected chi connectivity index (χ1v) is 11.3. The van der Waals surface area contributed by atoms with Crippen LogP contribution in [0.4, 0.5) is 13.2 Å². The normalized spacial score (nSPS) is 13.3. The summed E-state index contributed by atoms with van der Waals surface area (Å²) in [6.07, 6.45) is 0. The van der Waals surface area contributed by atoms with Gasteiger partial charge in [0.05, 0.1) is 0 Å². The van der Waals surface area contributed by atoms with Crippen LogP contribution in [0.5, 0.6) is 0 Å². The van der Waals surface area contributed by atoms with E-state index in [0.717, 1.165) is 0 Å². The average molecular weight is 412 g/mol. The molecule has 0 bridgehead atoms. The van der Waals surface area contributed by atoms with Crippen molar-refractivity contribution in [3.8, 4) is 0 Å². The number of alkyl halides is 3. The molecule has 0 aromatic heterocycles. The van der Waals surface area contributed by atoms with Crippen LogP contribution in [0.2, 0.25) is 0 Å². The molecule has 0 N–H and O–H groups in total. The molecule has 0 amide bonds. The molecule has 0 saturated heterocycles. The van der Waals surface area contributed by atoms with Crippen molar-refractivity contribution in [1.82, 2.24) is 0 Å². The third kappa shape index (κ3) is 3.76. The van der Waals surface area contributed by atoms with Crippen molar-refractivity contribution < 1.29 is 25.6 Å². The molecule has 142 valence electrons. The molecule has 0 fully saturated rings. The molecule has 0 heterocycles. The minimum absolute atomic E-state index is 0.398. The molecular formula is C19H16F3O3PS. The van der Waals surface area contributed by atoms with Crippen molar-refractivity contribution in [3.05, 3.63) is 91.0 Å². The van der Waals surface area contributed by atoms with Gasteiger partial charge in [-0.1, -0.05) is 0 Å². The first-order chi connectivity index (χ1) is 12.8. The third-order valence-electron chi connectivity index (χ3n) is 4.06. The van der Waals surface area contributed by atoms with Gasteiger partial charge >= 0.3 is 156 Å². The monoisotopic (exact) mass is 412 g/mol. The van der Waals surface area contributed by atoms with Crippen molar-refractivity contribution in [1.29, 1.82) is 0 Å². The summed E-state index contributed by atoms with van der Waals surface area (Å²) in [5.74, 6) is 0. The summed E-state index contributed by atoms with van der Waals surface area (Å²) in [6.45, 7) is 0. The molecule has 3 nitrogen and oxygen atoms in total. The standard InChI is InChI=1S/C19H16F3O3PS/c20-19(21,22)27(23,24)25-26(16-10-4-1-5-11-16,17-12-6-2-7-13-17)18-14-8-3-9-15-18/h1-15,26H. The van der Waals surface area contributed by atoms with Gasteiger partial charge in [0.15, 0.2) is 0 Å². The molecule has 3 rings (SSSR count). The van der Waals surface area contributed by atoms with E-state index in [1.807, 2.05) is 0 Å². The molecule has 0 saturated carbocycles. The van der Waals surface area contributed by atoms with E-state index >= 15 is 0 Å². The van der Waals surface area contributed by atoms with Crippen LogP contribution in [0.25, 0.3) is 0 Å². The van der Waals surface area contributed by atoms with Crippen LogP contribution in [-0.2, 0) is 14.1 Å².